The standard InChI is InChI=1S/C18H14N2O3S/c21-16(7-10-1-6-15-17(8-10)24-20-19-15)14-9-13(14)11-2-4-12(5-3-11)18(22)23/h1-6,8,13-14H,7,9H2,(H,22,23)/t13-,14+/m0/s1. The smallest absolute Gasteiger partial charge is 0.335 e. The molecule has 5 nitrogen and oxygen atoms in total. The van der Waals surface area contributed by atoms with Crippen molar-refractivity contribution in [1.82, 2.24) is 9.59 Å². The second-order valence-corrected chi connectivity index (χ2v) is 6.88. The Labute approximate surface area is 142 Å². The van der Waals surface area contributed by atoms with Crippen LogP contribution in [-0.2, 0) is 11.2 Å². The van der Waals surface area contributed by atoms with Crippen molar-refractivity contribution in [2.24, 2.45) is 5.92 Å². The molecule has 1 fully saturated rings. The summed E-state index contributed by atoms with van der Waals surface area (Å²) in [6.07, 6.45) is 1.26. The molecule has 1 aromatic heterocycles. The van der Waals surface area contributed by atoms with Crippen molar-refractivity contribution in [2.45, 2.75) is 18.8 Å². The van der Waals surface area contributed by atoms with Crippen LogP contribution in [0.2, 0.25) is 0 Å². The molecule has 0 amide bonds. The molecule has 0 saturated heterocycles. The Kier molecular flexibility index (Phi) is 3.61. The summed E-state index contributed by atoms with van der Waals surface area (Å²) in [5, 5.41) is 12.9. The van der Waals surface area contributed by atoms with Gasteiger partial charge in [0.05, 0.1) is 10.3 Å². The van der Waals surface area contributed by atoms with Gasteiger partial charge >= 0.3 is 5.97 Å². The maximum Gasteiger partial charge on any atom is 0.335 e. The number of nitrogens with zero attached hydrogens (tertiary/aromatic N) is 2. The molecule has 1 N–H and O–H groups in total. The van der Waals surface area contributed by atoms with Crippen molar-refractivity contribution < 1.29 is 14.7 Å². The fourth-order valence-electron chi connectivity index (χ4n) is 3.06. The minimum Gasteiger partial charge on any atom is -0.478 e. The summed E-state index contributed by atoms with van der Waals surface area (Å²) in [5.41, 5.74) is 3.17. The zero-order chi connectivity index (χ0) is 16.7. The number of ketones is 1. The first-order valence-corrected chi connectivity index (χ1v) is 8.46. The number of hydrogen-bond acceptors (Lipinski definition) is 5. The van der Waals surface area contributed by atoms with Gasteiger partial charge in [0, 0.05) is 12.3 Å². The fraction of sp³-hybridized carbons (Fsp3) is 0.222. The summed E-state index contributed by atoms with van der Waals surface area (Å²) in [6, 6.07) is 12.6. The molecular weight excluding hydrogens is 324 g/mol. The highest BCUT2D eigenvalue weighted by Gasteiger charge is 2.43. The number of aromatic nitrogens is 2. The van der Waals surface area contributed by atoms with E-state index >= 15 is 0 Å². The zero-order valence-corrected chi connectivity index (χ0v) is 13.5. The highest BCUT2D eigenvalue weighted by Crippen LogP contribution is 2.48. The van der Waals surface area contributed by atoms with Crippen LogP contribution in [0.15, 0.2) is 42.5 Å². The molecular formula is C18H14N2O3S. The van der Waals surface area contributed by atoms with Crippen molar-refractivity contribution >= 4 is 33.5 Å². The quantitative estimate of drug-likeness (QED) is 0.772. The van der Waals surface area contributed by atoms with Crippen LogP contribution >= 0.6 is 11.5 Å². The number of carbonyl (C=O) groups is 2. The highest BCUT2D eigenvalue weighted by atomic mass is 32.1. The Morgan fingerprint density at radius 1 is 1.17 bits per heavy atom. The molecule has 1 aliphatic rings. The molecule has 3 aromatic rings. The van der Waals surface area contributed by atoms with E-state index in [0.29, 0.717) is 6.42 Å². The third-order valence-electron chi connectivity index (χ3n) is 4.48. The molecule has 1 saturated carbocycles. The van der Waals surface area contributed by atoms with Crippen molar-refractivity contribution in [3.8, 4) is 0 Å². The van der Waals surface area contributed by atoms with Gasteiger partial charge in [0.2, 0.25) is 0 Å². The summed E-state index contributed by atoms with van der Waals surface area (Å²) in [4.78, 5) is 23.4. The monoisotopic (exact) mass is 338 g/mol. The van der Waals surface area contributed by atoms with E-state index in [0.717, 1.165) is 27.8 Å². The van der Waals surface area contributed by atoms with Gasteiger partial charge in [0.15, 0.2) is 0 Å². The molecule has 120 valence electrons. The third kappa shape index (κ3) is 2.80. The number of carboxylic acids is 1. The number of carbonyl (C=O) groups excluding carboxylic acids is 1. The van der Waals surface area contributed by atoms with Crippen LogP contribution in [0.3, 0.4) is 0 Å². The van der Waals surface area contributed by atoms with Crippen molar-refractivity contribution in [1.29, 1.82) is 0 Å². The van der Waals surface area contributed by atoms with Crippen molar-refractivity contribution in [3.05, 3.63) is 59.2 Å². The number of hydrogen-bond donors (Lipinski definition) is 1. The molecule has 2 atom stereocenters. The number of benzene rings is 2. The Morgan fingerprint density at radius 3 is 2.71 bits per heavy atom. The van der Waals surface area contributed by atoms with Gasteiger partial charge in [-0.3, -0.25) is 4.79 Å². The predicted molar refractivity (Wildman–Crippen MR) is 90.4 cm³/mol. The number of rotatable bonds is 5. The van der Waals surface area contributed by atoms with Crippen LogP contribution in [0, 0.1) is 5.92 Å². The molecule has 1 aliphatic carbocycles. The van der Waals surface area contributed by atoms with Crippen molar-refractivity contribution in [2.75, 3.05) is 0 Å². The van der Waals surface area contributed by atoms with E-state index in [1.54, 1.807) is 12.1 Å². The van der Waals surface area contributed by atoms with Gasteiger partial charge in [0.1, 0.15) is 11.3 Å². The Hall–Kier alpha value is -2.60. The van der Waals surface area contributed by atoms with E-state index in [1.165, 1.54) is 11.5 Å². The van der Waals surface area contributed by atoms with E-state index in [1.807, 2.05) is 30.3 Å². The SMILES string of the molecule is O=C(O)c1ccc([C@@H]2C[C@H]2C(=O)Cc2ccc3nnsc3c2)cc1. The number of Topliss-reactive ketones (excluding diaryl/α,β-unsaturated/α-hetero) is 1. The second-order valence-electron chi connectivity index (χ2n) is 6.09. The van der Waals surface area contributed by atoms with Crippen LogP contribution in [0.25, 0.3) is 10.2 Å². The molecule has 0 unspecified atom stereocenters. The predicted octanol–water partition coefficient (Wildman–Crippen LogP) is 3.30. The average Bonchev–Trinajstić information content (AvgIpc) is 3.25. The molecule has 0 bridgehead atoms. The lowest BCUT2D eigenvalue weighted by Gasteiger charge is -2.03. The lowest BCUT2D eigenvalue weighted by molar-refractivity contribution is -0.119. The maximum absolute atomic E-state index is 12.5. The Bertz CT molecular complexity index is 933. The minimum absolute atomic E-state index is 0.0379. The van der Waals surface area contributed by atoms with Gasteiger partial charge in [-0.05, 0) is 59.3 Å². The maximum atomic E-state index is 12.5. The van der Waals surface area contributed by atoms with Crippen molar-refractivity contribution in [3.63, 3.8) is 0 Å². The van der Waals surface area contributed by atoms with Crippen LogP contribution in [0.1, 0.15) is 33.8 Å². The number of carboxylic acid groups (broad SMARTS) is 1. The molecule has 1 heterocycles. The molecule has 2 aromatic carbocycles. The number of fused-ring (bicyclic) bond motifs is 1. The van der Waals surface area contributed by atoms with Crippen LogP contribution in [0.5, 0.6) is 0 Å². The van der Waals surface area contributed by atoms with Crippen LogP contribution < -0.4 is 0 Å². The zero-order valence-electron chi connectivity index (χ0n) is 12.7. The largest absolute Gasteiger partial charge is 0.478 e. The first-order valence-electron chi connectivity index (χ1n) is 7.69. The normalized spacial score (nSPS) is 19.3. The molecule has 6 heteroatoms. The minimum atomic E-state index is -0.932. The summed E-state index contributed by atoms with van der Waals surface area (Å²) >= 11 is 1.33. The lowest BCUT2D eigenvalue weighted by atomic mass is 10.0. The molecule has 0 aliphatic heterocycles. The van der Waals surface area contributed by atoms with Gasteiger partial charge in [-0.2, -0.15) is 0 Å². The highest BCUT2D eigenvalue weighted by molar-refractivity contribution is 7.12. The topological polar surface area (TPSA) is 80.1 Å². The van der Waals surface area contributed by atoms with E-state index in [-0.39, 0.29) is 23.2 Å². The van der Waals surface area contributed by atoms with E-state index in [9.17, 15) is 9.59 Å². The second kappa shape index (κ2) is 5.79. The molecule has 24 heavy (non-hydrogen) atoms. The number of aromatic carboxylic acids is 1. The summed E-state index contributed by atoms with van der Waals surface area (Å²) < 4.78 is 4.90. The summed E-state index contributed by atoms with van der Waals surface area (Å²) in [7, 11) is 0. The van der Waals surface area contributed by atoms with Crippen LogP contribution in [0.4, 0.5) is 0 Å². The average molecular weight is 338 g/mol. The molecule has 0 spiro atoms. The van der Waals surface area contributed by atoms with Gasteiger partial charge in [-0.15, -0.1) is 5.10 Å². The van der Waals surface area contributed by atoms with Gasteiger partial charge < -0.3 is 5.11 Å². The van der Waals surface area contributed by atoms with E-state index < -0.39 is 5.97 Å². The Balaban J connectivity index is 1.43. The Morgan fingerprint density at radius 2 is 1.96 bits per heavy atom. The van der Waals surface area contributed by atoms with Gasteiger partial charge in [-0.25, -0.2) is 4.79 Å². The summed E-state index contributed by atoms with van der Waals surface area (Å²) in [5.74, 6) is -0.442. The first kappa shape index (κ1) is 15.0. The lowest BCUT2D eigenvalue weighted by Crippen LogP contribution is -2.06. The van der Waals surface area contributed by atoms with E-state index in [4.69, 9.17) is 5.11 Å². The van der Waals surface area contributed by atoms with Gasteiger partial charge in [-0.1, -0.05) is 22.7 Å². The van der Waals surface area contributed by atoms with Crippen LogP contribution in [-0.4, -0.2) is 26.4 Å². The summed E-state index contributed by atoms with van der Waals surface area (Å²) in [6.45, 7) is 0. The molecule has 4 rings (SSSR count). The first-order chi connectivity index (χ1) is 11.6. The van der Waals surface area contributed by atoms with E-state index in [2.05, 4.69) is 9.59 Å². The third-order valence-corrected chi connectivity index (χ3v) is 5.17. The van der Waals surface area contributed by atoms with Gasteiger partial charge in [0.25, 0.3) is 0 Å². The fourth-order valence-corrected chi connectivity index (χ4v) is 3.68. The molecule has 0 radical (unpaired) electrons.